The van der Waals surface area contributed by atoms with Crippen molar-refractivity contribution in [3.05, 3.63) is 70.8 Å². The third-order valence-corrected chi connectivity index (χ3v) is 4.34. The zero-order valence-electron chi connectivity index (χ0n) is 11.5. The van der Waals surface area contributed by atoms with E-state index in [1.54, 1.807) is 0 Å². The van der Waals surface area contributed by atoms with Gasteiger partial charge in [0.2, 0.25) is 0 Å². The summed E-state index contributed by atoms with van der Waals surface area (Å²) in [5.74, 6) is 0.347. The van der Waals surface area contributed by atoms with Crippen LogP contribution in [0, 0.1) is 0 Å². The Morgan fingerprint density at radius 1 is 0.947 bits per heavy atom. The molecule has 0 heterocycles. The molecule has 0 aliphatic heterocycles. The molecule has 98 valence electrons. The van der Waals surface area contributed by atoms with Gasteiger partial charge in [0.25, 0.3) is 0 Å². The molecule has 0 radical (unpaired) electrons. The molecule has 2 aromatic rings. The van der Waals surface area contributed by atoms with Crippen molar-refractivity contribution in [2.24, 2.45) is 5.73 Å². The highest BCUT2D eigenvalue weighted by Crippen LogP contribution is 2.36. The second-order valence-corrected chi connectivity index (χ2v) is 5.45. The molecule has 1 heteroatoms. The summed E-state index contributed by atoms with van der Waals surface area (Å²) >= 11 is 0. The number of hydrogen-bond donors (Lipinski definition) is 1. The summed E-state index contributed by atoms with van der Waals surface area (Å²) in [7, 11) is 0. The first kappa shape index (κ1) is 12.4. The van der Waals surface area contributed by atoms with Gasteiger partial charge in [-0.3, -0.25) is 0 Å². The summed E-state index contributed by atoms with van der Waals surface area (Å²) < 4.78 is 0. The molecule has 0 aromatic heterocycles. The molecule has 0 saturated heterocycles. The first-order chi connectivity index (χ1) is 9.31. The van der Waals surface area contributed by atoms with Gasteiger partial charge in [0.05, 0.1) is 0 Å². The molecule has 3 rings (SSSR count). The van der Waals surface area contributed by atoms with Gasteiger partial charge in [-0.2, -0.15) is 0 Å². The van der Waals surface area contributed by atoms with Crippen molar-refractivity contribution < 1.29 is 0 Å². The minimum atomic E-state index is 0.195. The van der Waals surface area contributed by atoms with Crippen LogP contribution in [0.5, 0.6) is 0 Å². The van der Waals surface area contributed by atoms with Crippen LogP contribution < -0.4 is 5.73 Å². The highest BCUT2D eigenvalue weighted by Gasteiger charge is 2.27. The molecule has 1 aliphatic carbocycles. The molecule has 1 nitrogen and oxygen atoms in total. The molecule has 0 spiro atoms. The predicted molar refractivity (Wildman–Crippen MR) is 80.4 cm³/mol. The van der Waals surface area contributed by atoms with Crippen LogP contribution in [0.4, 0.5) is 0 Å². The smallest absolute Gasteiger partial charge is 0.0246 e. The maximum atomic E-state index is 6.45. The Morgan fingerprint density at radius 2 is 1.42 bits per heavy atom. The van der Waals surface area contributed by atoms with Crippen LogP contribution in [-0.4, -0.2) is 6.04 Å². The minimum Gasteiger partial charge on any atom is -0.327 e. The van der Waals surface area contributed by atoms with E-state index in [1.165, 1.54) is 22.3 Å². The first-order valence-electron chi connectivity index (χ1n) is 7.22. The molecule has 0 amide bonds. The molecule has 0 fully saturated rings. The highest BCUT2D eigenvalue weighted by atomic mass is 14.6. The lowest BCUT2D eigenvalue weighted by Crippen LogP contribution is -2.29. The van der Waals surface area contributed by atoms with E-state index in [4.69, 9.17) is 5.73 Å². The Labute approximate surface area is 115 Å². The predicted octanol–water partition coefficient (Wildman–Crippen LogP) is 3.65. The van der Waals surface area contributed by atoms with Crippen LogP contribution in [0.2, 0.25) is 0 Å². The lowest BCUT2D eigenvalue weighted by Gasteiger charge is -2.25. The van der Waals surface area contributed by atoms with E-state index >= 15 is 0 Å². The SMILES string of the molecule is CCC(N)C1c2ccccc2CCc2ccccc21. The third-order valence-electron chi connectivity index (χ3n) is 4.34. The Hall–Kier alpha value is -1.60. The summed E-state index contributed by atoms with van der Waals surface area (Å²) in [6.07, 6.45) is 3.26. The van der Waals surface area contributed by atoms with E-state index in [9.17, 15) is 0 Å². The lowest BCUT2D eigenvalue weighted by molar-refractivity contribution is 0.575. The van der Waals surface area contributed by atoms with Gasteiger partial charge in [0.1, 0.15) is 0 Å². The maximum Gasteiger partial charge on any atom is 0.0246 e. The standard InChI is InChI=1S/C18H21N/c1-2-17(19)18-15-9-5-3-7-13(15)11-12-14-8-4-6-10-16(14)18/h3-10,17-18H,2,11-12,19H2,1H3. The van der Waals surface area contributed by atoms with Crippen LogP contribution >= 0.6 is 0 Å². The van der Waals surface area contributed by atoms with Crippen molar-refractivity contribution >= 4 is 0 Å². The van der Waals surface area contributed by atoms with Crippen molar-refractivity contribution in [1.29, 1.82) is 0 Å². The average molecular weight is 251 g/mol. The summed E-state index contributed by atoms with van der Waals surface area (Å²) in [5, 5.41) is 0. The van der Waals surface area contributed by atoms with Crippen LogP contribution in [0.1, 0.15) is 41.5 Å². The third kappa shape index (κ3) is 2.19. The normalized spacial score (nSPS) is 16.3. The van der Waals surface area contributed by atoms with Gasteiger partial charge in [-0.25, -0.2) is 0 Å². The van der Waals surface area contributed by atoms with Crippen LogP contribution in [0.25, 0.3) is 0 Å². The molecular formula is C18H21N. The quantitative estimate of drug-likeness (QED) is 0.866. The second kappa shape index (κ2) is 5.18. The van der Waals surface area contributed by atoms with E-state index in [1.807, 2.05) is 0 Å². The van der Waals surface area contributed by atoms with Crippen molar-refractivity contribution in [2.75, 3.05) is 0 Å². The largest absolute Gasteiger partial charge is 0.327 e. The van der Waals surface area contributed by atoms with E-state index in [-0.39, 0.29) is 6.04 Å². The summed E-state index contributed by atoms with van der Waals surface area (Å²) in [6.45, 7) is 2.18. The number of hydrogen-bond acceptors (Lipinski definition) is 1. The molecule has 1 aliphatic rings. The van der Waals surface area contributed by atoms with Gasteiger partial charge in [-0.15, -0.1) is 0 Å². The summed E-state index contributed by atoms with van der Waals surface area (Å²) in [4.78, 5) is 0. The maximum absolute atomic E-state index is 6.45. The number of fused-ring (bicyclic) bond motifs is 2. The van der Waals surface area contributed by atoms with Gasteiger partial charge in [-0.1, -0.05) is 55.5 Å². The fraction of sp³-hybridized carbons (Fsp3) is 0.333. The summed E-state index contributed by atoms with van der Waals surface area (Å²) in [6, 6.07) is 17.8. The van der Waals surface area contributed by atoms with Crippen molar-refractivity contribution in [3.63, 3.8) is 0 Å². The Morgan fingerprint density at radius 3 is 1.89 bits per heavy atom. The highest BCUT2D eigenvalue weighted by molar-refractivity contribution is 5.46. The molecule has 19 heavy (non-hydrogen) atoms. The molecule has 0 saturated carbocycles. The van der Waals surface area contributed by atoms with E-state index in [0.717, 1.165) is 19.3 Å². The molecule has 1 atom stereocenters. The molecular weight excluding hydrogens is 230 g/mol. The number of nitrogens with two attached hydrogens (primary N) is 1. The second-order valence-electron chi connectivity index (χ2n) is 5.45. The van der Waals surface area contributed by atoms with Crippen molar-refractivity contribution in [2.45, 2.75) is 38.1 Å². The average Bonchev–Trinajstić information content (AvgIpc) is 2.63. The van der Waals surface area contributed by atoms with Gasteiger partial charge >= 0.3 is 0 Å². The van der Waals surface area contributed by atoms with Gasteiger partial charge in [-0.05, 0) is 41.5 Å². The van der Waals surface area contributed by atoms with Crippen molar-refractivity contribution in [3.8, 4) is 0 Å². The monoisotopic (exact) mass is 251 g/mol. The number of aryl methyl sites for hydroxylation is 2. The van der Waals surface area contributed by atoms with E-state index in [0.29, 0.717) is 5.92 Å². The fourth-order valence-electron chi connectivity index (χ4n) is 3.26. The van der Waals surface area contributed by atoms with Crippen LogP contribution in [0.15, 0.2) is 48.5 Å². The topological polar surface area (TPSA) is 26.0 Å². The van der Waals surface area contributed by atoms with E-state index < -0.39 is 0 Å². The number of rotatable bonds is 2. The van der Waals surface area contributed by atoms with Crippen LogP contribution in [0.3, 0.4) is 0 Å². The first-order valence-corrected chi connectivity index (χ1v) is 7.22. The lowest BCUT2D eigenvalue weighted by atomic mass is 9.82. The van der Waals surface area contributed by atoms with E-state index in [2.05, 4.69) is 55.5 Å². The Kier molecular flexibility index (Phi) is 3.39. The van der Waals surface area contributed by atoms with Gasteiger partial charge < -0.3 is 5.73 Å². The van der Waals surface area contributed by atoms with Crippen LogP contribution in [-0.2, 0) is 12.8 Å². The molecule has 2 aromatic carbocycles. The number of benzene rings is 2. The van der Waals surface area contributed by atoms with Gasteiger partial charge in [0, 0.05) is 12.0 Å². The zero-order valence-corrected chi connectivity index (χ0v) is 11.5. The van der Waals surface area contributed by atoms with Crippen molar-refractivity contribution in [1.82, 2.24) is 0 Å². The zero-order chi connectivity index (χ0) is 13.2. The minimum absolute atomic E-state index is 0.195. The molecule has 1 unspecified atom stereocenters. The Balaban J connectivity index is 2.19. The molecule has 2 N–H and O–H groups in total. The van der Waals surface area contributed by atoms with Gasteiger partial charge in [0.15, 0.2) is 0 Å². The molecule has 0 bridgehead atoms. The summed E-state index contributed by atoms with van der Waals surface area (Å²) in [5.41, 5.74) is 12.2. The fourth-order valence-corrected chi connectivity index (χ4v) is 3.26. The Bertz CT molecular complexity index is 526.